The quantitative estimate of drug-likeness (QED) is 0.922. The average Bonchev–Trinajstić information content (AvgIpc) is 2.86. The van der Waals surface area contributed by atoms with E-state index in [2.05, 4.69) is 10.4 Å². The van der Waals surface area contributed by atoms with E-state index in [9.17, 15) is 13.2 Å². The predicted octanol–water partition coefficient (Wildman–Crippen LogP) is 4.04. The molecule has 1 N–H and O–H groups in total. The zero-order valence-corrected chi connectivity index (χ0v) is 12.3. The van der Waals surface area contributed by atoms with E-state index in [0.29, 0.717) is 23.3 Å². The van der Waals surface area contributed by atoms with Crippen LogP contribution in [0.15, 0.2) is 30.5 Å². The molecule has 0 aliphatic carbocycles. The summed E-state index contributed by atoms with van der Waals surface area (Å²) in [5, 5.41) is 7.23. The van der Waals surface area contributed by atoms with Crippen molar-refractivity contribution < 1.29 is 13.2 Å². The largest absolute Gasteiger partial charge is 0.435 e. The molecule has 0 fully saturated rings. The minimum atomic E-state index is -4.45. The summed E-state index contributed by atoms with van der Waals surface area (Å²) in [5.41, 5.74) is 0.449. The lowest BCUT2D eigenvalue weighted by Crippen LogP contribution is -2.22. The summed E-state index contributed by atoms with van der Waals surface area (Å²) in [6.07, 6.45) is -3.18. The van der Waals surface area contributed by atoms with Gasteiger partial charge in [0.1, 0.15) is 0 Å². The smallest absolute Gasteiger partial charge is 0.310 e. The van der Waals surface area contributed by atoms with Crippen LogP contribution in [0.3, 0.4) is 0 Å². The SMILES string of the molecule is CC(C)NCc1ccc(-n2ccc(C(F)(F)F)n2)cc1Cl. The van der Waals surface area contributed by atoms with Gasteiger partial charge in [0.15, 0.2) is 5.69 Å². The summed E-state index contributed by atoms with van der Waals surface area (Å²) in [5.74, 6) is 0. The second kappa shape index (κ2) is 6.07. The minimum absolute atomic E-state index is 0.321. The van der Waals surface area contributed by atoms with Gasteiger partial charge in [0.2, 0.25) is 0 Å². The fourth-order valence-corrected chi connectivity index (χ4v) is 2.00. The van der Waals surface area contributed by atoms with Crippen LogP contribution in [-0.4, -0.2) is 15.8 Å². The third-order valence-corrected chi connectivity index (χ3v) is 3.23. The first-order valence-electron chi connectivity index (χ1n) is 6.42. The maximum absolute atomic E-state index is 12.5. The third-order valence-electron chi connectivity index (χ3n) is 2.88. The van der Waals surface area contributed by atoms with E-state index in [1.54, 1.807) is 18.2 Å². The molecule has 2 rings (SSSR count). The van der Waals surface area contributed by atoms with Gasteiger partial charge in [-0.05, 0) is 23.8 Å². The van der Waals surface area contributed by atoms with Gasteiger partial charge >= 0.3 is 6.18 Å². The Morgan fingerprint density at radius 1 is 1.29 bits per heavy atom. The van der Waals surface area contributed by atoms with E-state index in [-0.39, 0.29) is 0 Å². The highest BCUT2D eigenvalue weighted by molar-refractivity contribution is 6.31. The molecule has 114 valence electrons. The molecule has 3 nitrogen and oxygen atoms in total. The topological polar surface area (TPSA) is 29.9 Å². The number of alkyl halides is 3. The molecule has 0 bridgehead atoms. The number of halogens is 4. The number of benzene rings is 1. The Labute approximate surface area is 125 Å². The first-order valence-corrected chi connectivity index (χ1v) is 6.80. The first-order chi connectivity index (χ1) is 9.77. The Morgan fingerprint density at radius 3 is 2.52 bits per heavy atom. The highest BCUT2D eigenvalue weighted by atomic mass is 35.5. The van der Waals surface area contributed by atoms with E-state index in [1.807, 2.05) is 13.8 Å². The molecule has 0 atom stereocenters. The highest BCUT2D eigenvalue weighted by Gasteiger charge is 2.33. The van der Waals surface area contributed by atoms with Gasteiger partial charge in [0.25, 0.3) is 0 Å². The standard InChI is InChI=1S/C14H15ClF3N3/c1-9(2)19-8-10-3-4-11(7-12(10)15)21-6-5-13(20-21)14(16,17)18/h3-7,9,19H,8H2,1-2H3. The molecule has 0 radical (unpaired) electrons. The van der Waals surface area contributed by atoms with Crippen molar-refractivity contribution in [2.24, 2.45) is 0 Å². The van der Waals surface area contributed by atoms with Gasteiger partial charge in [-0.25, -0.2) is 4.68 Å². The molecule has 1 aromatic carbocycles. The summed E-state index contributed by atoms with van der Waals surface area (Å²) < 4.78 is 38.7. The molecule has 0 saturated carbocycles. The molecule has 1 heterocycles. The lowest BCUT2D eigenvalue weighted by molar-refractivity contribution is -0.141. The van der Waals surface area contributed by atoms with Crippen LogP contribution in [0.2, 0.25) is 5.02 Å². The molecule has 0 spiro atoms. The van der Waals surface area contributed by atoms with Crippen LogP contribution in [-0.2, 0) is 12.7 Å². The van der Waals surface area contributed by atoms with Crippen molar-refractivity contribution in [2.75, 3.05) is 0 Å². The summed E-state index contributed by atoms with van der Waals surface area (Å²) in [4.78, 5) is 0. The Hall–Kier alpha value is -1.53. The van der Waals surface area contributed by atoms with E-state index < -0.39 is 11.9 Å². The Balaban J connectivity index is 2.22. The number of aromatic nitrogens is 2. The van der Waals surface area contributed by atoms with Crippen LogP contribution in [0.25, 0.3) is 5.69 Å². The Kier molecular flexibility index (Phi) is 4.58. The van der Waals surface area contributed by atoms with E-state index >= 15 is 0 Å². The van der Waals surface area contributed by atoms with Crippen molar-refractivity contribution in [1.29, 1.82) is 0 Å². The van der Waals surface area contributed by atoms with E-state index in [1.165, 1.54) is 6.20 Å². The molecule has 0 amide bonds. The van der Waals surface area contributed by atoms with Crippen molar-refractivity contribution >= 4 is 11.6 Å². The fraction of sp³-hybridized carbons (Fsp3) is 0.357. The Morgan fingerprint density at radius 2 is 2.00 bits per heavy atom. The number of hydrogen-bond donors (Lipinski definition) is 1. The molecule has 7 heteroatoms. The second-order valence-electron chi connectivity index (χ2n) is 4.95. The van der Waals surface area contributed by atoms with Crippen LogP contribution in [0.1, 0.15) is 25.1 Å². The van der Waals surface area contributed by atoms with Crippen LogP contribution >= 0.6 is 11.6 Å². The van der Waals surface area contributed by atoms with Gasteiger partial charge in [0, 0.05) is 23.8 Å². The summed E-state index contributed by atoms with van der Waals surface area (Å²) in [6, 6.07) is 6.33. The average molecular weight is 318 g/mol. The molecule has 0 aliphatic heterocycles. The molecule has 21 heavy (non-hydrogen) atoms. The van der Waals surface area contributed by atoms with Gasteiger partial charge in [-0.1, -0.05) is 31.5 Å². The normalized spacial score (nSPS) is 12.1. The maximum atomic E-state index is 12.5. The van der Waals surface area contributed by atoms with Crippen LogP contribution in [0.4, 0.5) is 13.2 Å². The van der Waals surface area contributed by atoms with E-state index in [4.69, 9.17) is 11.6 Å². The van der Waals surface area contributed by atoms with Gasteiger partial charge in [-0.15, -0.1) is 0 Å². The Bertz CT molecular complexity index is 620. The second-order valence-corrected chi connectivity index (χ2v) is 5.36. The fourth-order valence-electron chi connectivity index (χ4n) is 1.76. The molecule has 0 unspecified atom stereocenters. The van der Waals surface area contributed by atoms with Crippen LogP contribution < -0.4 is 5.32 Å². The zero-order valence-electron chi connectivity index (χ0n) is 11.6. The molecule has 0 aliphatic rings. The lowest BCUT2D eigenvalue weighted by atomic mass is 10.2. The molecular weight excluding hydrogens is 303 g/mol. The number of rotatable bonds is 4. The van der Waals surface area contributed by atoms with Crippen molar-refractivity contribution in [1.82, 2.24) is 15.1 Å². The summed E-state index contributed by atoms with van der Waals surface area (Å²) >= 11 is 6.16. The molecular formula is C14H15ClF3N3. The highest BCUT2D eigenvalue weighted by Crippen LogP contribution is 2.28. The predicted molar refractivity (Wildman–Crippen MR) is 75.6 cm³/mol. The van der Waals surface area contributed by atoms with Gasteiger partial charge in [0.05, 0.1) is 5.69 Å². The zero-order chi connectivity index (χ0) is 15.6. The first kappa shape index (κ1) is 15.9. The van der Waals surface area contributed by atoms with Crippen LogP contribution in [0, 0.1) is 0 Å². The monoisotopic (exact) mass is 317 g/mol. The maximum Gasteiger partial charge on any atom is 0.435 e. The van der Waals surface area contributed by atoms with Crippen molar-refractivity contribution in [3.8, 4) is 5.69 Å². The summed E-state index contributed by atoms with van der Waals surface area (Å²) in [7, 11) is 0. The van der Waals surface area contributed by atoms with Gasteiger partial charge in [-0.3, -0.25) is 0 Å². The van der Waals surface area contributed by atoms with Crippen molar-refractivity contribution in [3.05, 3.63) is 46.7 Å². The van der Waals surface area contributed by atoms with Crippen molar-refractivity contribution in [2.45, 2.75) is 32.6 Å². The molecule has 2 aromatic rings. The van der Waals surface area contributed by atoms with Gasteiger partial charge in [-0.2, -0.15) is 18.3 Å². The number of hydrogen-bond acceptors (Lipinski definition) is 2. The molecule has 1 aromatic heterocycles. The number of nitrogens with zero attached hydrogens (tertiary/aromatic N) is 2. The van der Waals surface area contributed by atoms with Crippen LogP contribution in [0.5, 0.6) is 0 Å². The van der Waals surface area contributed by atoms with Crippen molar-refractivity contribution in [3.63, 3.8) is 0 Å². The van der Waals surface area contributed by atoms with E-state index in [0.717, 1.165) is 16.3 Å². The third kappa shape index (κ3) is 3.98. The molecule has 0 saturated heterocycles. The van der Waals surface area contributed by atoms with Gasteiger partial charge < -0.3 is 5.32 Å². The number of nitrogens with one attached hydrogen (secondary N) is 1. The minimum Gasteiger partial charge on any atom is -0.310 e. The summed E-state index contributed by atoms with van der Waals surface area (Å²) in [6.45, 7) is 4.64. The lowest BCUT2D eigenvalue weighted by Gasteiger charge is -2.11.